The lowest BCUT2D eigenvalue weighted by atomic mass is 9.91. The Morgan fingerprint density at radius 2 is 1.68 bits per heavy atom. The largest absolute Gasteiger partial charge is 0.389 e. The topological polar surface area (TPSA) is 325 Å². The molecule has 4 aromatic rings. The molecule has 3 aromatic carbocycles. The molecule has 87 heavy (non-hydrogen) atoms. The van der Waals surface area contributed by atoms with Crippen LogP contribution in [0.15, 0.2) is 60.7 Å². The summed E-state index contributed by atoms with van der Waals surface area (Å²) in [5.74, 6) is -2.16. The molecule has 1 unspecified atom stereocenters. The van der Waals surface area contributed by atoms with E-state index in [1.54, 1.807) is 18.2 Å². The lowest BCUT2D eigenvalue weighted by Crippen LogP contribution is -2.62. The van der Waals surface area contributed by atoms with Gasteiger partial charge >= 0.3 is 14.7 Å². The van der Waals surface area contributed by atoms with Crippen molar-refractivity contribution in [2.75, 3.05) is 32.4 Å². The van der Waals surface area contributed by atoms with Crippen LogP contribution in [0, 0.1) is 29.4 Å². The minimum atomic E-state index is -4.11. The average molecular weight is 1270 g/mol. The number of hydrogen-bond acceptors (Lipinski definition) is 15. The van der Waals surface area contributed by atoms with E-state index >= 15 is 0 Å². The Hall–Kier alpha value is -7.45. The zero-order chi connectivity index (χ0) is 62.6. The van der Waals surface area contributed by atoms with Gasteiger partial charge in [0.2, 0.25) is 51.4 Å². The first-order chi connectivity index (χ1) is 41.2. The molecule has 30 heteroatoms. The van der Waals surface area contributed by atoms with Gasteiger partial charge < -0.3 is 46.2 Å². The van der Waals surface area contributed by atoms with Crippen LogP contribution in [0.25, 0.3) is 10.1 Å². The van der Waals surface area contributed by atoms with Gasteiger partial charge in [0.05, 0.1) is 16.7 Å². The minimum Gasteiger partial charge on any atom is -0.370 e. The molecule has 1 aromatic heterocycles. The molecule has 6 heterocycles. The van der Waals surface area contributed by atoms with Gasteiger partial charge in [-0.05, 0) is 122 Å². The van der Waals surface area contributed by atoms with E-state index < -0.39 is 139 Å². The van der Waals surface area contributed by atoms with Gasteiger partial charge in [-0.15, -0.1) is 11.3 Å². The fourth-order valence-electron chi connectivity index (χ4n) is 11.7. The molecule has 0 aliphatic carbocycles. The first-order valence-corrected chi connectivity index (χ1v) is 31.8. The molecule has 0 bridgehead atoms. The number of rotatable bonds is 19. The van der Waals surface area contributed by atoms with Crippen molar-refractivity contribution in [3.63, 3.8) is 0 Å². The third-order valence-corrected chi connectivity index (χ3v) is 19.0. The molecule has 5 aliphatic heterocycles. The lowest BCUT2D eigenvalue weighted by Gasteiger charge is -2.38. The van der Waals surface area contributed by atoms with Gasteiger partial charge in [-0.2, -0.15) is 13.1 Å². The predicted octanol–water partition coefficient (Wildman–Crippen LogP) is 2.89. The molecule has 9 rings (SSSR count). The number of nitrogens with one attached hydrogen (secondary N) is 4. The number of piperidine rings is 2. The van der Waals surface area contributed by atoms with Crippen LogP contribution in [0.3, 0.4) is 0 Å². The van der Waals surface area contributed by atoms with Crippen LogP contribution < -0.4 is 27.0 Å². The Balaban J connectivity index is 0.866. The third-order valence-electron chi connectivity index (χ3n) is 16.3. The number of primary amides is 1. The quantitative estimate of drug-likeness (QED) is 0.0308. The molecular formula is C57H62F4N9O14PS2. The normalized spacial score (nSPS) is 21.1. The van der Waals surface area contributed by atoms with Crippen LogP contribution >= 0.6 is 19.9 Å². The number of hydrogen-bond donors (Lipinski definition) is 7. The van der Waals surface area contributed by atoms with Gasteiger partial charge in [0.15, 0.2) is 11.6 Å². The Kier molecular flexibility index (Phi) is 19.8. The van der Waals surface area contributed by atoms with Gasteiger partial charge in [-0.3, -0.25) is 48.5 Å². The summed E-state index contributed by atoms with van der Waals surface area (Å²) < 4.78 is 89.3. The number of amides is 9. The number of nitrogens with two attached hydrogens (primary N) is 1. The SMILES string of the molecule is CS(=O)(=O)N1CC[C@H]2CC[C@@H](C(=O)N[C@@H](CCC(N)=O)C(=O)N[C@@H](Cc3ccc(F)c(F)c3)C(=O)N3CCC(CCC#Cc4cccc5c4CN(C4CCC(=O)NC4=O)C5=O)CC3)N2C(=O)[C@@H](NC(=O)c2cc3cc(C(F)(F)OP(O)O)ccc3s2)C1. The molecular weight excluding hydrogens is 1210 g/mol. The van der Waals surface area contributed by atoms with Crippen LogP contribution in [0.1, 0.15) is 113 Å². The number of benzene rings is 3. The van der Waals surface area contributed by atoms with Crippen molar-refractivity contribution in [1.82, 2.24) is 40.3 Å². The van der Waals surface area contributed by atoms with Gasteiger partial charge in [-0.1, -0.05) is 24.0 Å². The number of nitrogens with zero attached hydrogens (tertiary/aromatic N) is 4. The molecule has 8 N–H and O–H groups in total. The molecule has 23 nitrogen and oxygen atoms in total. The maximum absolute atomic E-state index is 14.7. The van der Waals surface area contributed by atoms with Gasteiger partial charge in [-0.25, -0.2) is 21.7 Å². The van der Waals surface area contributed by atoms with Gasteiger partial charge in [0, 0.05) is 80.3 Å². The lowest BCUT2D eigenvalue weighted by molar-refractivity contribution is -0.189. The third kappa shape index (κ3) is 15.1. The molecule has 0 spiro atoms. The van der Waals surface area contributed by atoms with Crippen LogP contribution in [-0.2, 0) is 67.2 Å². The molecule has 4 fully saturated rings. The highest BCUT2D eigenvalue weighted by Crippen LogP contribution is 2.43. The van der Waals surface area contributed by atoms with Crippen molar-refractivity contribution in [1.29, 1.82) is 0 Å². The van der Waals surface area contributed by atoms with Crippen LogP contribution in [-0.4, -0.2) is 159 Å². The molecule has 9 amide bonds. The van der Waals surface area contributed by atoms with E-state index in [0.717, 1.165) is 46.2 Å². The number of alkyl halides is 2. The highest BCUT2D eigenvalue weighted by molar-refractivity contribution is 7.88. The molecule has 0 saturated carbocycles. The Bertz CT molecular complexity index is 3600. The standard InChI is InChI=1S/C57H62F4N9O14PS2/c1-87(82,83)68-24-21-36-11-14-45(70(36)56(79)43(30-68)65-53(76)47-28-34-27-35(10-16-46(34)86-47)57(60,61)84-85(80)81)52(75)63-41(13-17-48(62)71)50(73)64-42(26-32-9-12-39(58)40(59)25-32)55(78)67-22-19-31(20-23-67)5-2-3-6-33-7-4-8-37-38(33)29-69(54(37)77)44-15-18-49(72)66-51(44)74/h4,7-10,12,16,25,27-28,31,36,41-45,80-81H,2,5,11,13-15,17-24,26,29-30H2,1H3,(H2,62,71)(H,63,75)(H,64,73)(H,65,76)(H,66,72,74)/t36-,41+,42+,43+,44?,45+/m1/s1. The monoisotopic (exact) mass is 1270 g/mol. The van der Waals surface area contributed by atoms with E-state index in [2.05, 4.69) is 37.6 Å². The highest BCUT2D eigenvalue weighted by Gasteiger charge is 2.47. The van der Waals surface area contributed by atoms with Crippen molar-refractivity contribution in [2.45, 2.75) is 126 Å². The second-order valence-electron chi connectivity index (χ2n) is 22.1. The first kappa shape index (κ1) is 64.0. The Morgan fingerprint density at radius 1 is 0.920 bits per heavy atom. The van der Waals surface area contributed by atoms with Crippen LogP contribution in [0.5, 0.6) is 0 Å². The molecule has 464 valence electrons. The number of imide groups is 1. The van der Waals surface area contributed by atoms with Crippen molar-refractivity contribution >= 4 is 93.2 Å². The zero-order valence-corrected chi connectivity index (χ0v) is 49.3. The molecule has 0 radical (unpaired) electrons. The summed E-state index contributed by atoms with van der Waals surface area (Å²) in [6.07, 6.45) is -1.60. The van der Waals surface area contributed by atoms with Crippen molar-refractivity contribution in [2.24, 2.45) is 11.7 Å². The number of sulfonamides is 1. The summed E-state index contributed by atoms with van der Waals surface area (Å²) >= 11 is 0.844. The summed E-state index contributed by atoms with van der Waals surface area (Å²) in [5, 5.41) is 10.2. The summed E-state index contributed by atoms with van der Waals surface area (Å²) in [6, 6.07) is 5.09. The number of likely N-dealkylation sites (tertiary alicyclic amines) is 1. The summed E-state index contributed by atoms with van der Waals surface area (Å²) in [7, 11) is -7.44. The van der Waals surface area contributed by atoms with Gasteiger partial charge in [0.1, 0.15) is 30.2 Å². The number of thiophene rings is 1. The average Bonchev–Trinajstić information content (AvgIpc) is 1.98. The molecule has 5 aliphatic rings. The Morgan fingerprint density at radius 3 is 2.38 bits per heavy atom. The fraction of sp³-hybridized carbons (Fsp3) is 0.456. The van der Waals surface area contributed by atoms with E-state index in [0.29, 0.717) is 47.1 Å². The van der Waals surface area contributed by atoms with Crippen LogP contribution in [0.4, 0.5) is 17.6 Å². The number of fused-ring (bicyclic) bond motifs is 3. The zero-order valence-electron chi connectivity index (χ0n) is 46.8. The Labute approximate surface area is 501 Å². The molecule has 6 atom stereocenters. The van der Waals surface area contributed by atoms with Crippen LogP contribution in [0.2, 0.25) is 0 Å². The second-order valence-corrected chi connectivity index (χ2v) is 25.8. The summed E-state index contributed by atoms with van der Waals surface area (Å²) in [5.41, 5.74) is 6.65. The maximum Gasteiger partial charge on any atom is 0.389 e. The smallest absolute Gasteiger partial charge is 0.370 e. The van der Waals surface area contributed by atoms with E-state index in [1.165, 1.54) is 32.9 Å². The predicted molar refractivity (Wildman–Crippen MR) is 304 cm³/mol. The number of halogens is 4. The van der Waals surface area contributed by atoms with Crippen molar-refractivity contribution in [3.8, 4) is 11.8 Å². The molecule has 4 saturated heterocycles. The van der Waals surface area contributed by atoms with E-state index in [-0.39, 0.29) is 98.3 Å². The number of carbonyl (C=O) groups is 9. The minimum absolute atomic E-state index is 0.00280. The fourth-order valence-corrected chi connectivity index (χ4v) is 13.8. The van der Waals surface area contributed by atoms with Crippen molar-refractivity contribution in [3.05, 3.63) is 105 Å². The second kappa shape index (κ2) is 26.9. The summed E-state index contributed by atoms with van der Waals surface area (Å²) in [4.78, 5) is 144. The number of carbonyl (C=O) groups excluding carboxylic acids is 9. The van der Waals surface area contributed by atoms with Gasteiger partial charge in [0.25, 0.3) is 11.8 Å². The van der Waals surface area contributed by atoms with E-state index in [4.69, 9.17) is 15.5 Å². The van der Waals surface area contributed by atoms with Crippen molar-refractivity contribution < 1.29 is 83.4 Å². The van der Waals surface area contributed by atoms with E-state index in [9.17, 15) is 69.1 Å². The highest BCUT2D eigenvalue weighted by atomic mass is 32.2. The first-order valence-electron chi connectivity index (χ1n) is 28.0. The maximum atomic E-state index is 14.7. The summed E-state index contributed by atoms with van der Waals surface area (Å²) in [6.45, 7) is -0.0653. The van der Waals surface area contributed by atoms with E-state index in [1.807, 2.05) is 0 Å².